The van der Waals surface area contributed by atoms with Gasteiger partial charge in [-0.3, -0.25) is 0 Å². The van der Waals surface area contributed by atoms with Crippen molar-refractivity contribution in [3.8, 4) is 5.69 Å². The van der Waals surface area contributed by atoms with Crippen LogP contribution in [-0.2, 0) is 6.54 Å². The molecule has 6 heteroatoms. The zero-order valence-electron chi connectivity index (χ0n) is 11.7. The van der Waals surface area contributed by atoms with E-state index in [9.17, 15) is 5.11 Å². The lowest BCUT2D eigenvalue weighted by Gasteiger charge is -2.14. The van der Waals surface area contributed by atoms with E-state index in [4.69, 9.17) is 11.6 Å². The molecular weight excluding hydrogens is 288 g/mol. The van der Waals surface area contributed by atoms with E-state index < -0.39 is 0 Å². The Morgan fingerprint density at radius 3 is 2.81 bits per heavy atom. The van der Waals surface area contributed by atoms with Crippen LogP contribution in [0.2, 0.25) is 5.02 Å². The first-order valence-electron chi connectivity index (χ1n) is 7.28. The largest absolute Gasteiger partial charge is 0.393 e. The Labute approximate surface area is 128 Å². The van der Waals surface area contributed by atoms with Gasteiger partial charge < -0.3 is 10.4 Å². The minimum Gasteiger partial charge on any atom is -0.393 e. The van der Waals surface area contributed by atoms with Gasteiger partial charge in [0.15, 0.2) is 0 Å². The fourth-order valence-electron chi connectivity index (χ4n) is 2.72. The summed E-state index contributed by atoms with van der Waals surface area (Å²) < 4.78 is 0. The lowest BCUT2D eigenvalue weighted by Crippen LogP contribution is -2.27. The van der Waals surface area contributed by atoms with Crippen LogP contribution >= 0.6 is 11.6 Å². The van der Waals surface area contributed by atoms with Crippen molar-refractivity contribution in [3.05, 3.63) is 41.2 Å². The summed E-state index contributed by atoms with van der Waals surface area (Å²) >= 11 is 5.87. The number of nitrogens with zero attached hydrogens (tertiary/aromatic N) is 3. The maximum absolute atomic E-state index is 9.78. The molecule has 5 nitrogen and oxygen atoms in total. The average molecular weight is 307 g/mol. The zero-order chi connectivity index (χ0) is 14.7. The monoisotopic (exact) mass is 306 g/mol. The van der Waals surface area contributed by atoms with E-state index in [1.165, 1.54) is 0 Å². The quantitative estimate of drug-likeness (QED) is 0.888. The summed E-state index contributed by atoms with van der Waals surface area (Å²) in [6.45, 7) is 1.49. The van der Waals surface area contributed by atoms with Gasteiger partial charge in [-0.25, -0.2) is 0 Å². The van der Waals surface area contributed by atoms with Gasteiger partial charge in [-0.05, 0) is 43.0 Å². The van der Waals surface area contributed by atoms with E-state index in [2.05, 4.69) is 15.5 Å². The highest BCUT2D eigenvalue weighted by molar-refractivity contribution is 6.30. The number of aromatic nitrogens is 3. The molecule has 1 saturated carbocycles. The highest BCUT2D eigenvalue weighted by Gasteiger charge is 2.24. The summed E-state index contributed by atoms with van der Waals surface area (Å²) in [4.78, 5) is 1.59. The van der Waals surface area contributed by atoms with Gasteiger partial charge in [0.05, 0.1) is 23.7 Å². The second kappa shape index (κ2) is 6.56. The van der Waals surface area contributed by atoms with E-state index in [0.29, 0.717) is 17.5 Å². The molecule has 1 aliphatic carbocycles. The molecule has 3 rings (SSSR count). The van der Waals surface area contributed by atoms with Crippen molar-refractivity contribution in [1.29, 1.82) is 0 Å². The minimum absolute atomic E-state index is 0.151. The maximum Gasteiger partial charge on any atom is 0.0969 e. The summed E-state index contributed by atoms with van der Waals surface area (Å²) in [6, 6.07) is 7.40. The van der Waals surface area contributed by atoms with Gasteiger partial charge in [0, 0.05) is 18.1 Å². The van der Waals surface area contributed by atoms with Gasteiger partial charge in [0.2, 0.25) is 0 Å². The number of hydrogen-bond acceptors (Lipinski definition) is 4. The smallest absolute Gasteiger partial charge is 0.0969 e. The van der Waals surface area contributed by atoms with Crippen LogP contribution in [-0.4, -0.2) is 32.7 Å². The Bertz CT molecular complexity index is 584. The third kappa shape index (κ3) is 3.61. The van der Waals surface area contributed by atoms with Crippen molar-refractivity contribution in [2.75, 3.05) is 6.54 Å². The summed E-state index contributed by atoms with van der Waals surface area (Å²) in [6.07, 6.45) is 4.76. The summed E-state index contributed by atoms with van der Waals surface area (Å²) in [7, 11) is 0. The molecule has 0 aliphatic heterocycles. The number of rotatable bonds is 5. The van der Waals surface area contributed by atoms with Crippen LogP contribution in [0.15, 0.2) is 30.5 Å². The Morgan fingerprint density at radius 2 is 2.10 bits per heavy atom. The Hall–Kier alpha value is -1.43. The Morgan fingerprint density at radius 1 is 1.29 bits per heavy atom. The van der Waals surface area contributed by atoms with Crippen LogP contribution in [0.25, 0.3) is 5.69 Å². The molecule has 2 N–H and O–H groups in total. The van der Waals surface area contributed by atoms with Gasteiger partial charge in [-0.1, -0.05) is 18.0 Å². The van der Waals surface area contributed by atoms with Crippen molar-refractivity contribution in [1.82, 2.24) is 20.3 Å². The third-order valence-electron chi connectivity index (χ3n) is 3.93. The average Bonchev–Trinajstić information content (AvgIpc) is 3.10. The summed E-state index contributed by atoms with van der Waals surface area (Å²) in [5, 5.41) is 22.5. The molecule has 0 bridgehead atoms. The topological polar surface area (TPSA) is 63.0 Å². The van der Waals surface area contributed by atoms with E-state index in [0.717, 1.165) is 37.2 Å². The molecule has 0 spiro atoms. The Kier molecular flexibility index (Phi) is 4.53. The molecule has 1 aromatic carbocycles. The standard InChI is InChI=1S/C15H19ClN4O/c16-12-4-6-14(7-5-12)20-18-10-13(19-20)9-17-8-11-2-1-3-15(11)21/h4-7,10-11,15,17,21H,1-3,8-9H2/t11-,15-/m0/s1. The van der Waals surface area contributed by atoms with Gasteiger partial charge >= 0.3 is 0 Å². The highest BCUT2D eigenvalue weighted by Crippen LogP contribution is 2.24. The van der Waals surface area contributed by atoms with E-state index in [-0.39, 0.29) is 6.10 Å². The van der Waals surface area contributed by atoms with E-state index in [1.54, 1.807) is 11.0 Å². The van der Waals surface area contributed by atoms with Crippen molar-refractivity contribution >= 4 is 11.6 Å². The molecule has 1 aliphatic rings. The van der Waals surface area contributed by atoms with Gasteiger partial charge in [0.1, 0.15) is 0 Å². The summed E-state index contributed by atoms with van der Waals surface area (Å²) in [5.74, 6) is 0.372. The molecule has 0 saturated heterocycles. The summed E-state index contributed by atoms with van der Waals surface area (Å²) in [5.41, 5.74) is 1.77. The van der Waals surface area contributed by atoms with Crippen LogP contribution in [0.1, 0.15) is 25.0 Å². The number of halogens is 1. The SMILES string of the molecule is O[C@H]1CCC[C@H]1CNCc1cnn(-c2ccc(Cl)cc2)n1. The molecule has 2 aromatic rings. The fraction of sp³-hybridized carbons (Fsp3) is 0.467. The predicted molar refractivity (Wildman–Crippen MR) is 81.4 cm³/mol. The minimum atomic E-state index is -0.151. The van der Waals surface area contributed by atoms with Crippen molar-refractivity contribution < 1.29 is 5.11 Å². The van der Waals surface area contributed by atoms with Crippen LogP contribution in [0.3, 0.4) is 0 Å². The molecule has 2 atom stereocenters. The van der Waals surface area contributed by atoms with Gasteiger partial charge in [-0.2, -0.15) is 15.0 Å². The van der Waals surface area contributed by atoms with Crippen molar-refractivity contribution in [3.63, 3.8) is 0 Å². The fourth-order valence-corrected chi connectivity index (χ4v) is 2.84. The number of benzene rings is 1. The second-order valence-electron chi connectivity index (χ2n) is 5.49. The molecule has 112 valence electrons. The van der Waals surface area contributed by atoms with Crippen molar-refractivity contribution in [2.24, 2.45) is 5.92 Å². The predicted octanol–water partition coefficient (Wildman–Crippen LogP) is 2.17. The molecule has 1 aromatic heterocycles. The maximum atomic E-state index is 9.78. The van der Waals surface area contributed by atoms with Crippen molar-refractivity contribution in [2.45, 2.75) is 31.9 Å². The Balaban J connectivity index is 1.54. The first-order chi connectivity index (χ1) is 10.2. The number of nitrogens with one attached hydrogen (secondary N) is 1. The third-order valence-corrected chi connectivity index (χ3v) is 4.18. The molecule has 0 unspecified atom stereocenters. The zero-order valence-corrected chi connectivity index (χ0v) is 12.5. The normalized spacial score (nSPS) is 21.8. The van der Waals surface area contributed by atoms with Crippen LogP contribution in [0.4, 0.5) is 0 Å². The van der Waals surface area contributed by atoms with E-state index in [1.807, 2.05) is 24.3 Å². The van der Waals surface area contributed by atoms with Crippen LogP contribution in [0, 0.1) is 5.92 Å². The second-order valence-corrected chi connectivity index (χ2v) is 5.93. The first-order valence-corrected chi connectivity index (χ1v) is 7.66. The van der Waals surface area contributed by atoms with E-state index >= 15 is 0 Å². The highest BCUT2D eigenvalue weighted by atomic mass is 35.5. The lowest BCUT2D eigenvalue weighted by atomic mass is 10.1. The van der Waals surface area contributed by atoms with Crippen LogP contribution < -0.4 is 5.32 Å². The number of hydrogen-bond donors (Lipinski definition) is 2. The van der Waals surface area contributed by atoms with Gasteiger partial charge in [0.25, 0.3) is 0 Å². The number of aliphatic hydroxyl groups excluding tert-OH is 1. The molecule has 0 radical (unpaired) electrons. The molecule has 1 heterocycles. The molecule has 21 heavy (non-hydrogen) atoms. The molecule has 1 fully saturated rings. The van der Waals surface area contributed by atoms with Crippen LogP contribution in [0.5, 0.6) is 0 Å². The molecule has 0 amide bonds. The molecular formula is C15H19ClN4O. The lowest BCUT2D eigenvalue weighted by molar-refractivity contribution is 0.131. The number of aliphatic hydroxyl groups is 1. The van der Waals surface area contributed by atoms with Gasteiger partial charge in [-0.15, -0.1) is 0 Å². The first kappa shape index (κ1) is 14.5.